The van der Waals surface area contributed by atoms with Crippen LogP contribution in [-0.4, -0.2) is 30.5 Å². The summed E-state index contributed by atoms with van der Waals surface area (Å²) >= 11 is 0. The Bertz CT molecular complexity index is 457. The zero-order valence-electron chi connectivity index (χ0n) is 8.34. The number of rotatable bonds is 5. The standard InChI is InChI=1S/C8H12N4O2S/c1-12-8(2-5-10-12)3-6-11-15(13,14)7-4-9/h2,5,11H,3,6-7H2,1H3. The van der Waals surface area contributed by atoms with Crippen LogP contribution in [0.2, 0.25) is 0 Å². The third-order valence-electron chi connectivity index (χ3n) is 1.88. The second-order valence-corrected chi connectivity index (χ2v) is 4.81. The van der Waals surface area contributed by atoms with E-state index in [0.29, 0.717) is 6.42 Å². The molecule has 1 rings (SSSR count). The van der Waals surface area contributed by atoms with Crippen molar-refractivity contribution in [3.8, 4) is 6.07 Å². The predicted molar refractivity (Wildman–Crippen MR) is 54.3 cm³/mol. The van der Waals surface area contributed by atoms with Gasteiger partial charge in [0.05, 0.1) is 6.07 Å². The van der Waals surface area contributed by atoms with Gasteiger partial charge in [0.15, 0.2) is 5.75 Å². The lowest BCUT2D eigenvalue weighted by Gasteiger charge is -2.03. The van der Waals surface area contributed by atoms with Gasteiger partial charge in [0.2, 0.25) is 10.0 Å². The molecule has 0 aliphatic heterocycles. The minimum absolute atomic E-state index is 0.281. The van der Waals surface area contributed by atoms with Crippen LogP contribution in [0.25, 0.3) is 0 Å². The maximum Gasteiger partial charge on any atom is 0.225 e. The van der Waals surface area contributed by atoms with Crippen LogP contribution in [0.4, 0.5) is 0 Å². The van der Waals surface area contributed by atoms with Gasteiger partial charge in [0.1, 0.15) is 0 Å². The Morgan fingerprint density at radius 3 is 2.93 bits per heavy atom. The van der Waals surface area contributed by atoms with Gasteiger partial charge in [0.25, 0.3) is 0 Å². The molecule has 0 atom stereocenters. The molecule has 82 valence electrons. The van der Waals surface area contributed by atoms with Crippen LogP contribution < -0.4 is 4.72 Å². The Hall–Kier alpha value is -1.39. The molecule has 0 bridgehead atoms. The van der Waals surface area contributed by atoms with Crippen LogP contribution >= 0.6 is 0 Å². The summed E-state index contributed by atoms with van der Waals surface area (Å²) in [7, 11) is -1.65. The van der Waals surface area contributed by atoms with Gasteiger partial charge >= 0.3 is 0 Å². The lowest BCUT2D eigenvalue weighted by molar-refractivity contribution is 0.583. The zero-order valence-corrected chi connectivity index (χ0v) is 9.16. The molecule has 0 aromatic carbocycles. The number of hydrogen-bond donors (Lipinski definition) is 1. The van der Waals surface area contributed by atoms with Crippen molar-refractivity contribution in [2.45, 2.75) is 6.42 Å². The van der Waals surface area contributed by atoms with Gasteiger partial charge in [-0.25, -0.2) is 13.1 Å². The fourth-order valence-corrected chi connectivity index (χ4v) is 1.80. The molecule has 0 aliphatic rings. The topological polar surface area (TPSA) is 87.8 Å². The van der Waals surface area contributed by atoms with Crippen molar-refractivity contribution >= 4 is 10.0 Å². The van der Waals surface area contributed by atoms with Crippen molar-refractivity contribution in [1.82, 2.24) is 14.5 Å². The number of aromatic nitrogens is 2. The molecule has 6 nitrogen and oxygen atoms in total. The summed E-state index contributed by atoms with van der Waals surface area (Å²) in [4.78, 5) is 0. The molecule has 0 fully saturated rings. The highest BCUT2D eigenvalue weighted by molar-refractivity contribution is 7.89. The first kappa shape index (κ1) is 11.7. The van der Waals surface area contributed by atoms with Crippen LogP contribution in [0.3, 0.4) is 0 Å². The van der Waals surface area contributed by atoms with Crippen molar-refractivity contribution in [1.29, 1.82) is 5.26 Å². The van der Waals surface area contributed by atoms with E-state index in [1.807, 2.05) is 6.07 Å². The van der Waals surface area contributed by atoms with Crippen LogP contribution in [0, 0.1) is 11.3 Å². The van der Waals surface area contributed by atoms with Gasteiger partial charge in [-0.2, -0.15) is 10.4 Å². The molecule has 0 saturated heterocycles. The first-order valence-electron chi connectivity index (χ1n) is 4.36. The Balaban J connectivity index is 2.41. The molecule has 0 spiro atoms. The molecular weight excluding hydrogens is 216 g/mol. The lowest BCUT2D eigenvalue weighted by atomic mass is 10.3. The van der Waals surface area contributed by atoms with Crippen LogP contribution in [-0.2, 0) is 23.5 Å². The second-order valence-electron chi connectivity index (χ2n) is 3.01. The average Bonchev–Trinajstić information content (AvgIpc) is 2.51. The molecule has 1 aromatic rings. The van der Waals surface area contributed by atoms with Gasteiger partial charge in [-0.1, -0.05) is 0 Å². The molecule has 0 amide bonds. The second kappa shape index (κ2) is 4.91. The summed E-state index contributed by atoms with van der Waals surface area (Å²) in [5, 5.41) is 12.2. The highest BCUT2D eigenvalue weighted by atomic mass is 32.2. The highest BCUT2D eigenvalue weighted by Crippen LogP contribution is 1.96. The third-order valence-corrected chi connectivity index (χ3v) is 3.03. The van der Waals surface area contributed by atoms with E-state index in [1.54, 1.807) is 24.0 Å². The summed E-state index contributed by atoms with van der Waals surface area (Å²) in [5.74, 6) is -0.502. The first-order chi connectivity index (χ1) is 7.05. The van der Waals surface area contributed by atoms with Gasteiger partial charge < -0.3 is 0 Å². The van der Waals surface area contributed by atoms with Gasteiger partial charge in [-0.15, -0.1) is 0 Å². The predicted octanol–water partition coefficient (Wildman–Crippen LogP) is -0.594. The number of hydrogen-bond acceptors (Lipinski definition) is 4. The van der Waals surface area contributed by atoms with E-state index in [9.17, 15) is 8.42 Å². The molecular formula is C8H12N4O2S. The van der Waals surface area contributed by atoms with Crippen molar-refractivity contribution in [2.75, 3.05) is 12.3 Å². The van der Waals surface area contributed by atoms with E-state index < -0.39 is 15.8 Å². The van der Waals surface area contributed by atoms with Crippen LogP contribution in [0.5, 0.6) is 0 Å². The zero-order chi connectivity index (χ0) is 11.3. The Morgan fingerprint density at radius 2 is 2.40 bits per heavy atom. The fraction of sp³-hybridized carbons (Fsp3) is 0.500. The monoisotopic (exact) mass is 228 g/mol. The quantitative estimate of drug-likeness (QED) is 0.729. The van der Waals surface area contributed by atoms with E-state index in [-0.39, 0.29) is 6.54 Å². The number of nitrogens with one attached hydrogen (secondary N) is 1. The van der Waals surface area contributed by atoms with E-state index in [4.69, 9.17) is 5.26 Å². The summed E-state index contributed by atoms with van der Waals surface area (Å²) < 4.78 is 26.2. The van der Waals surface area contributed by atoms with Gasteiger partial charge in [0, 0.05) is 31.9 Å². The highest BCUT2D eigenvalue weighted by Gasteiger charge is 2.08. The van der Waals surface area contributed by atoms with E-state index in [2.05, 4.69) is 9.82 Å². The minimum atomic E-state index is -3.44. The van der Waals surface area contributed by atoms with Crippen LogP contribution in [0.1, 0.15) is 5.69 Å². The molecule has 1 heterocycles. The van der Waals surface area contributed by atoms with Crippen molar-refractivity contribution in [2.24, 2.45) is 7.05 Å². The maximum atomic E-state index is 11.1. The Kier molecular flexibility index (Phi) is 3.82. The average molecular weight is 228 g/mol. The molecule has 0 aliphatic carbocycles. The van der Waals surface area contributed by atoms with Gasteiger partial charge in [-0.3, -0.25) is 4.68 Å². The summed E-state index contributed by atoms with van der Waals surface area (Å²) in [5.41, 5.74) is 0.939. The van der Waals surface area contributed by atoms with Crippen molar-refractivity contribution < 1.29 is 8.42 Å². The molecule has 0 unspecified atom stereocenters. The van der Waals surface area contributed by atoms with Crippen LogP contribution in [0.15, 0.2) is 12.3 Å². The molecule has 1 aromatic heterocycles. The smallest absolute Gasteiger partial charge is 0.225 e. The fourth-order valence-electron chi connectivity index (χ4n) is 1.12. The minimum Gasteiger partial charge on any atom is -0.273 e. The summed E-state index contributed by atoms with van der Waals surface area (Å²) in [6.45, 7) is 0.281. The normalized spacial score (nSPS) is 11.2. The molecule has 0 saturated carbocycles. The molecule has 0 radical (unpaired) electrons. The molecule has 15 heavy (non-hydrogen) atoms. The third kappa shape index (κ3) is 3.69. The number of aryl methyl sites for hydroxylation is 1. The first-order valence-corrected chi connectivity index (χ1v) is 6.01. The number of sulfonamides is 1. The summed E-state index contributed by atoms with van der Waals surface area (Å²) in [6.07, 6.45) is 2.21. The lowest BCUT2D eigenvalue weighted by Crippen LogP contribution is -2.28. The van der Waals surface area contributed by atoms with E-state index in [1.165, 1.54) is 0 Å². The van der Waals surface area contributed by atoms with Crippen molar-refractivity contribution in [3.63, 3.8) is 0 Å². The van der Waals surface area contributed by atoms with E-state index >= 15 is 0 Å². The molecule has 1 N–H and O–H groups in total. The SMILES string of the molecule is Cn1nccc1CCNS(=O)(=O)CC#N. The number of nitrogens with zero attached hydrogens (tertiary/aromatic N) is 3. The molecule has 7 heteroatoms. The maximum absolute atomic E-state index is 11.1. The Labute approximate surface area is 88.6 Å². The Morgan fingerprint density at radius 1 is 1.67 bits per heavy atom. The summed E-state index contributed by atoms with van der Waals surface area (Å²) in [6, 6.07) is 3.41. The van der Waals surface area contributed by atoms with E-state index in [0.717, 1.165) is 5.69 Å². The van der Waals surface area contributed by atoms with Gasteiger partial charge in [-0.05, 0) is 6.07 Å². The largest absolute Gasteiger partial charge is 0.273 e. The number of nitriles is 1. The van der Waals surface area contributed by atoms with Crippen molar-refractivity contribution in [3.05, 3.63) is 18.0 Å².